The molecule has 0 radical (unpaired) electrons. The van der Waals surface area contributed by atoms with Crippen molar-refractivity contribution in [2.45, 2.75) is 19.9 Å². The van der Waals surface area contributed by atoms with Gasteiger partial charge >= 0.3 is 5.97 Å². The van der Waals surface area contributed by atoms with Gasteiger partial charge < -0.3 is 18.9 Å². The zero-order chi connectivity index (χ0) is 25.3. The number of thiazole rings is 1. The lowest BCUT2D eigenvalue weighted by Crippen LogP contribution is -2.40. The number of carbonyl (C=O) groups is 1. The molecular formula is C24H23BrN2O6S2. The summed E-state index contributed by atoms with van der Waals surface area (Å²) in [5.41, 5.74) is 1.10. The monoisotopic (exact) mass is 578 g/mol. The summed E-state index contributed by atoms with van der Waals surface area (Å²) in [5, 5.41) is 0. The largest absolute Gasteiger partial charge is 0.493 e. The van der Waals surface area contributed by atoms with Gasteiger partial charge in [-0.25, -0.2) is 9.79 Å². The molecule has 8 nitrogen and oxygen atoms in total. The number of aromatic nitrogens is 1. The third kappa shape index (κ3) is 4.67. The molecule has 0 fully saturated rings. The van der Waals surface area contributed by atoms with Gasteiger partial charge in [-0.2, -0.15) is 0 Å². The van der Waals surface area contributed by atoms with Crippen LogP contribution in [0.3, 0.4) is 0 Å². The van der Waals surface area contributed by atoms with Crippen molar-refractivity contribution in [2.24, 2.45) is 4.99 Å². The normalized spacial score (nSPS) is 15.5. The third-order valence-electron chi connectivity index (χ3n) is 5.39. The van der Waals surface area contributed by atoms with E-state index in [0.29, 0.717) is 37.8 Å². The number of hydrogen-bond donors (Lipinski definition) is 0. The van der Waals surface area contributed by atoms with Crippen LogP contribution < -0.4 is 29.1 Å². The van der Waals surface area contributed by atoms with E-state index in [1.807, 2.05) is 18.2 Å². The highest BCUT2D eigenvalue weighted by atomic mass is 79.9. The van der Waals surface area contributed by atoms with Crippen molar-refractivity contribution < 1.29 is 23.7 Å². The zero-order valence-electron chi connectivity index (χ0n) is 19.7. The standard InChI is InChI=1S/C24H23BrN2O6S2/c1-6-33-23(29)19-12(2)26-24-27(22(28)17(35-24)11-14-7-8-18(25)34-14)20(19)13-9-15(30-3)21(32-5)16(10-13)31-4/h7-11,20H,6H2,1-5H3/b17-11+. The highest BCUT2D eigenvalue weighted by Crippen LogP contribution is 2.42. The predicted molar refractivity (Wildman–Crippen MR) is 139 cm³/mol. The Hall–Kier alpha value is -2.89. The third-order valence-corrected chi connectivity index (χ3v) is 7.94. The van der Waals surface area contributed by atoms with E-state index >= 15 is 0 Å². The van der Waals surface area contributed by atoms with Gasteiger partial charge in [-0.05, 0) is 65.7 Å². The molecule has 4 rings (SSSR count). The number of rotatable bonds is 7. The Morgan fingerprint density at radius 1 is 1.14 bits per heavy atom. The van der Waals surface area contributed by atoms with Gasteiger partial charge in [0.05, 0.1) is 53.6 Å². The molecule has 35 heavy (non-hydrogen) atoms. The molecule has 0 aliphatic carbocycles. The van der Waals surface area contributed by atoms with Crippen molar-refractivity contribution in [1.29, 1.82) is 0 Å². The average Bonchev–Trinajstić information content (AvgIpc) is 3.39. The number of fused-ring (bicyclic) bond motifs is 1. The molecule has 0 N–H and O–H groups in total. The Kier molecular flexibility index (Phi) is 7.48. The van der Waals surface area contributed by atoms with Crippen LogP contribution in [0.25, 0.3) is 6.08 Å². The number of nitrogens with zero attached hydrogens (tertiary/aromatic N) is 2. The second kappa shape index (κ2) is 10.4. The minimum atomic E-state index is -0.795. The summed E-state index contributed by atoms with van der Waals surface area (Å²) in [6.45, 7) is 3.66. The molecule has 0 spiro atoms. The van der Waals surface area contributed by atoms with Gasteiger partial charge in [0.25, 0.3) is 5.56 Å². The molecule has 1 aromatic carbocycles. The summed E-state index contributed by atoms with van der Waals surface area (Å²) in [6, 6.07) is 6.53. The Morgan fingerprint density at radius 3 is 2.37 bits per heavy atom. The molecule has 1 unspecified atom stereocenters. The lowest BCUT2D eigenvalue weighted by Gasteiger charge is -2.26. The fourth-order valence-corrected chi connectivity index (χ4v) is 6.38. The van der Waals surface area contributed by atoms with Crippen LogP contribution >= 0.6 is 38.6 Å². The maximum atomic E-state index is 13.7. The quantitative estimate of drug-likeness (QED) is 0.398. The Labute approximate surface area is 217 Å². The maximum Gasteiger partial charge on any atom is 0.338 e. The fourth-order valence-electron chi connectivity index (χ4n) is 3.90. The van der Waals surface area contributed by atoms with Gasteiger partial charge in [0.1, 0.15) is 0 Å². The van der Waals surface area contributed by atoms with Crippen LogP contribution in [0.1, 0.15) is 30.3 Å². The first-order valence-corrected chi connectivity index (χ1v) is 13.0. The van der Waals surface area contributed by atoms with E-state index in [-0.39, 0.29) is 17.7 Å². The molecule has 1 aliphatic rings. The van der Waals surface area contributed by atoms with Crippen LogP contribution in [0.15, 0.2) is 49.1 Å². The molecule has 0 saturated carbocycles. The van der Waals surface area contributed by atoms with Crippen molar-refractivity contribution in [3.63, 3.8) is 0 Å². The number of hydrogen-bond acceptors (Lipinski definition) is 9. The summed E-state index contributed by atoms with van der Waals surface area (Å²) < 4.78 is 24.9. The van der Waals surface area contributed by atoms with Crippen LogP contribution in [0.2, 0.25) is 0 Å². The van der Waals surface area contributed by atoms with E-state index in [1.54, 1.807) is 26.0 Å². The second-order valence-corrected chi connectivity index (χ2v) is 10.9. The summed E-state index contributed by atoms with van der Waals surface area (Å²) >= 11 is 6.24. The summed E-state index contributed by atoms with van der Waals surface area (Å²) in [5.74, 6) is 0.687. The van der Waals surface area contributed by atoms with Crippen molar-refractivity contribution in [1.82, 2.24) is 4.57 Å². The number of benzene rings is 1. The van der Waals surface area contributed by atoms with Crippen LogP contribution in [-0.4, -0.2) is 38.5 Å². The van der Waals surface area contributed by atoms with Gasteiger partial charge in [-0.1, -0.05) is 11.3 Å². The van der Waals surface area contributed by atoms with Gasteiger partial charge in [0.2, 0.25) is 5.75 Å². The number of allylic oxidation sites excluding steroid dienone is 1. The van der Waals surface area contributed by atoms with E-state index in [2.05, 4.69) is 20.9 Å². The molecule has 1 atom stereocenters. The molecule has 11 heteroatoms. The topological polar surface area (TPSA) is 88.4 Å². The predicted octanol–water partition coefficient (Wildman–Crippen LogP) is 3.65. The average molecular weight is 579 g/mol. The van der Waals surface area contributed by atoms with Crippen molar-refractivity contribution >= 4 is 50.6 Å². The molecule has 3 heterocycles. The molecular weight excluding hydrogens is 556 g/mol. The van der Waals surface area contributed by atoms with E-state index in [9.17, 15) is 9.59 Å². The molecule has 0 amide bonds. The molecule has 0 saturated heterocycles. The van der Waals surface area contributed by atoms with E-state index < -0.39 is 12.0 Å². The van der Waals surface area contributed by atoms with Crippen LogP contribution in [0.5, 0.6) is 17.2 Å². The number of thiophene rings is 1. The first-order valence-electron chi connectivity index (χ1n) is 10.6. The van der Waals surface area contributed by atoms with Gasteiger partial charge in [0, 0.05) is 4.88 Å². The first-order chi connectivity index (χ1) is 16.8. The van der Waals surface area contributed by atoms with Crippen LogP contribution in [-0.2, 0) is 9.53 Å². The van der Waals surface area contributed by atoms with Gasteiger partial charge in [0.15, 0.2) is 16.3 Å². The lowest BCUT2D eigenvalue weighted by atomic mass is 9.95. The fraction of sp³-hybridized carbons (Fsp3) is 0.292. The minimum absolute atomic E-state index is 0.190. The number of halogens is 1. The molecule has 3 aromatic rings. The van der Waals surface area contributed by atoms with Crippen molar-refractivity contribution in [3.8, 4) is 17.2 Å². The molecule has 184 valence electrons. The van der Waals surface area contributed by atoms with Crippen molar-refractivity contribution in [2.75, 3.05) is 27.9 Å². The Balaban J connectivity index is 2.02. The SMILES string of the molecule is CCOC(=O)C1=C(C)N=c2s/c(=C/c3ccc(Br)s3)c(=O)n2C1c1cc(OC)c(OC)c(OC)c1. The van der Waals surface area contributed by atoms with Gasteiger partial charge in [-0.15, -0.1) is 11.3 Å². The maximum absolute atomic E-state index is 13.7. The molecule has 0 bridgehead atoms. The lowest BCUT2D eigenvalue weighted by molar-refractivity contribution is -0.139. The van der Waals surface area contributed by atoms with Crippen LogP contribution in [0.4, 0.5) is 0 Å². The highest BCUT2D eigenvalue weighted by Gasteiger charge is 2.34. The minimum Gasteiger partial charge on any atom is -0.493 e. The summed E-state index contributed by atoms with van der Waals surface area (Å²) in [7, 11) is 4.54. The number of carbonyl (C=O) groups excluding carboxylic acids is 1. The zero-order valence-corrected chi connectivity index (χ0v) is 22.9. The Morgan fingerprint density at radius 2 is 1.83 bits per heavy atom. The molecule has 1 aliphatic heterocycles. The second-order valence-electron chi connectivity index (χ2n) is 7.40. The smallest absolute Gasteiger partial charge is 0.338 e. The number of ether oxygens (including phenoxy) is 4. The number of methoxy groups -OCH3 is 3. The number of esters is 1. The Bertz CT molecular complexity index is 1480. The molecule has 2 aromatic heterocycles. The first kappa shape index (κ1) is 25.2. The van der Waals surface area contributed by atoms with E-state index in [4.69, 9.17) is 18.9 Å². The van der Waals surface area contributed by atoms with E-state index in [0.717, 1.165) is 8.66 Å². The van der Waals surface area contributed by atoms with Crippen molar-refractivity contribution in [3.05, 3.63) is 69.5 Å². The van der Waals surface area contributed by atoms with Gasteiger partial charge in [-0.3, -0.25) is 9.36 Å². The summed E-state index contributed by atoms with van der Waals surface area (Å²) in [4.78, 5) is 32.8. The highest BCUT2D eigenvalue weighted by molar-refractivity contribution is 9.11. The van der Waals surface area contributed by atoms with Crippen LogP contribution in [0, 0.1) is 0 Å². The summed E-state index contributed by atoms with van der Waals surface area (Å²) in [6.07, 6.45) is 1.83. The van der Waals surface area contributed by atoms with E-state index in [1.165, 1.54) is 48.6 Å².